The van der Waals surface area contributed by atoms with Gasteiger partial charge in [-0.15, -0.1) is 12.4 Å². The van der Waals surface area contributed by atoms with Crippen LogP contribution in [0.1, 0.15) is 36.8 Å². The van der Waals surface area contributed by atoms with Crippen LogP contribution in [0.25, 0.3) is 0 Å². The highest BCUT2D eigenvalue weighted by Crippen LogP contribution is 2.12. The Balaban J connectivity index is 0.00000312. The first-order chi connectivity index (χ1) is 11.2. The van der Waals surface area contributed by atoms with E-state index in [2.05, 4.69) is 15.6 Å². The number of rotatable bonds is 4. The quantitative estimate of drug-likeness (QED) is 0.779. The fourth-order valence-electron chi connectivity index (χ4n) is 2.03. The molecule has 0 spiro atoms. The number of hydrogen-bond acceptors (Lipinski definition) is 4. The van der Waals surface area contributed by atoms with Crippen molar-refractivity contribution in [1.82, 2.24) is 10.3 Å². The summed E-state index contributed by atoms with van der Waals surface area (Å²) in [5, 5.41) is 5.67. The summed E-state index contributed by atoms with van der Waals surface area (Å²) >= 11 is 0. The number of nitrogens with one attached hydrogen (secondary N) is 2. The van der Waals surface area contributed by atoms with Gasteiger partial charge in [0.2, 0.25) is 5.91 Å². The van der Waals surface area contributed by atoms with Crippen molar-refractivity contribution in [1.29, 1.82) is 0 Å². The number of carbonyl (C=O) groups excluding carboxylic acids is 2. The lowest BCUT2D eigenvalue weighted by atomic mass is 10.1. The van der Waals surface area contributed by atoms with Crippen molar-refractivity contribution < 1.29 is 9.59 Å². The molecule has 25 heavy (non-hydrogen) atoms. The molecule has 134 valence electrons. The summed E-state index contributed by atoms with van der Waals surface area (Å²) in [6, 6.07) is 10.2. The van der Waals surface area contributed by atoms with E-state index in [1.165, 1.54) is 6.20 Å². The Kier molecular flexibility index (Phi) is 6.94. The molecule has 2 aromatic rings. The number of halogens is 1. The molecule has 0 aliphatic rings. The van der Waals surface area contributed by atoms with Crippen LogP contribution in [0.5, 0.6) is 0 Å². The summed E-state index contributed by atoms with van der Waals surface area (Å²) in [5.74, 6) is -0.328. The van der Waals surface area contributed by atoms with Gasteiger partial charge in [0.25, 0.3) is 5.91 Å². The third kappa shape index (κ3) is 6.81. The largest absolute Gasteiger partial charge is 0.397 e. The zero-order chi connectivity index (χ0) is 17.7. The molecule has 1 heterocycles. The summed E-state index contributed by atoms with van der Waals surface area (Å²) in [7, 11) is 0. The summed E-state index contributed by atoms with van der Waals surface area (Å²) in [4.78, 5) is 28.1. The fourth-order valence-corrected chi connectivity index (χ4v) is 2.03. The molecule has 0 saturated heterocycles. The Hall–Kier alpha value is -2.60. The lowest BCUT2D eigenvalue weighted by Crippen LogP contribution is -2.40. The third-order valence-electron chi connectivity index (χ3n) is 3.11. The Bertz CT molecular complexity index is 722. The van der Waals surface area contributed by atoms with E-state index in [0.717, 1.165) is 0 Å². The van der Waals surface area contributed by atoms with Crippen molar-refractivity contribution in [3.8, 4) is 0 Å². The standard InChI is InChI=1S/C18H22N4O2.ClH/c1-18(2,3)22-17(24)12-4-7-14(8-5-12)21-16(23)10-15-9-6-13(19)11-20-15;/h4-9,11H,10,19H2,1-3H3,(H,21,23)(H,22,24);1H. The van der Waals surface area contributed by atoms with Crippen LogP contribution in [0.4, 0.5) is 11.4 Å². The Labute approximate surface area is 153 Å². The summed E-state index contributed by atoms with van der Waals surface area (Å²) < 4.78 is 0. The van der Waals surface area contributed by atoms with Crippen molar-refractivity contribution >= 4 is 35.6 Å². The second kappa shape index (κ2) is 8.48. The molecule has 4 N–H and O–H groups in total. The Morgan fingerprint density at radius 1 is 1.08 bits per heavy atom. The molecule has 7 heteroatoms. The van der Waals surface area contributed by atoms with Gasteiger partial charge in [0.05, 0.1) is 18.3 Å². The van der Waals surface area contributed by atoms with Gasteiger partial charge in [0.15, 0.2) is 0 Å². The average molecular weight is 363 g/mol. The molecular weight excluding hydrogens is 340 g/mol. The van der Waals surface area contributed by atoms with Crippen molar-refractivity contribution in [3.05, 3.63) is 53.9 Å². The minimum Gasteiger partial charge on any atom is -0.397 e. The zero-order valence-electron chi connectivity index (χ0n) is 14.5. The summed E-state index contributed by atoms with van der Waals surface area (Å²) in [5.41, 5.74) is 7.64. The number of carbonyl (C=O) groups is 2. The number of aromatic nitrogens is 1. The molecule has 0 aliphatic carbocycles. The molecule has 0 aliphatic heterocycles. The first-order valence-corrected chi connectivity index (χ1v) is 7.66. The van der Waals surface area contributed by atoms with Crippen LogP contribution in [0.3, 0.4) is 0 Å². The second-order valence-corrected chi connectivity index (χ2v) is 6.59. The van der Waals surface area contributed by atoms with Gasteiger partial charge in [0.1, 0.15) is 0 Å². The number of anilines is 2. The number of nitrogen functional groups attached to an aromatic ring is 1. The topological polar surface area (TPSA) is 97.1 Å². The molecule has 0 atom stereocenters. The molecule has 2 amide bonds. The maximum absolute atomic E-state index is 12.0. The Morgan fingerprint density at radius 3 is 2.24 bits per heavy atom. The first-order valence-electron chi connectivity index (χ1n) is 7.66. The maximum atomic E-state index is 12.0. The van der Waals surface area contributed by atoms with E-state index >= 15 is 0 Å². The van der Waals surface area contributed by atoms with Crippen LogP contribution >= 0.6 is 12.4 Å². The highest BCUT2D eigenvalue weighted by molar-refractivity contribution is 5.96. The highest BCUT2D eigenvalue weighted by Gasteiger charge is 2.15. The molecule has 0 bridgehead atoms. The number of amides is 2. The lowest BCUT2D eigenvalue weighted by molar-refractivity contribution is -0.115. The predicted molar refractivity (Wildman–Crippen MR) is 102 cm³/mol. The van der Waals surface area contributed by atoms with E-state index in [9.17, 15) is 9.59 Å². The number of nitrogens with two attached hydrogens (primary N) is 1. The molecule has 0 fully saturated rings. The number of pyridine rings is 1. The van der Waals surface area contributed by atoms with E-state index < -0.39 is 0 Å². The van der Waals surface area contributed by atoms with E-state index in [0.29, 0.717) is 22.6 Å². The van der Waals surface area contributed by atoms with Crippen molar-refractivity contribution in [2.24, 2.45) is 0 Å². The van der Waals surface area contributed by atoms with Gasteiger partial charge in [-0.05, 0) is 57.2 Å². The molecule has 2 rings (SSSR count). The number of nitrogens with zero attached hydrogens (tertiary/aromatic N) is 1. The van der Waals surface area contributed by atoms with Gasteiger partial charge in [-0.25, -0.2) is 0 Å². The van der Waals surface area contributed by atoms with Gasteiger partial charge < -0.3 is 16.4 Å². The number of hydrogen-bond donors (Lipinski definition) is 3. The van der Waals surface area contributed by atoms with Crippen LogP contribution in [0.2, 0.25) is 0 Å². The van der Waals surface area contributed by atoms with Crippen LogP contribution in [0.15, 0.2) is 42.6 Å². The molecule has 1 aromatic heterocycles. The third-order valence-corrected chi connectivity index (χ3v) is 3.11. The van der Waals surface area contributed by atoms with Gasteiger partial charge in [-0.3, -0.25) is 14.6 Å². The normalized spacial score (nSPS) is 10.5. The molecule has 1 aromatic carbocycles. The van der Waals surface area contributed by atoms with Crippen molar-refractivity contribution in [3.63, 3.8) is 0 Å². The van der Waals surface area contributed by atoms with Gasteiger partial charge in [0, 0.05) is 22.5 Å². The smallest absolute Gasteiger partial charge is 0.251 e. The van der Waals surface area contributed by atoms with Crippen LogP contribution in [-0.4, -0.2) is 22.3 Å². The van der Waals surface area contributed by atoms with Crippen LogP contribution in [0, 0.1) is 0 Å². The average Bonchev–Trinajstić information content (AvgIpc) is 2.48. The summed E-state index contributed by atoms with van der Waals surface area (Å²) in [6.07, 6.45) is 1.68. The lowest BCUT2D eigenvalue weighted by Gasteiger charge is -2.20. The van der Waals surface area contributed by atoms with E-state index in [1.807, 2.05) is 20.8 Å². The number of benzene rings is 1. The van der Waals surface area contributed by atoms with E-state index in [-0.39, 0.29) is 36.2 Å². The zero-order valence-corrected chi connectivity index (χ0v) is 15.3. The molecule has 0 radical (unpaired) electrons. The van der Waals surface area contributed by atoms with Crippen molar-refractivity contribution in [2.45, 2.75) is 32.7 Å². The second-order valence-electron chi connectivity index (χ2n) is 6.59. The SMILES string of the molecule is CC(C)(C)NC(=O)c1ccc(NC(=O)Cc2ccc(N)cn2)cc1.Cl. The first kappa shape index (κ1) is 20.4. The van der Waals surface area contributed by atoms with E-state index in [4.69, 9.17) is 5.73 Å². The van der Waals surface area contributed by atoms with Gasteiger partial charge in [-0.1, -0.05) is 0 Å². The summed E-state index contributed by atoms with van der Waals surface area (Å²) in [6.45, 7) is 5.76. The maximum Gasteiger partial charge on any atom is 0.251 e. The van der Waals surface area contributed by atoms with E-state index in [1.54, 1.807) is 36.4 Å². The predicted octanol–water partition coefficient (Wildman–Crippen LogP) is 2.80. The van der Waals surface area contributed by atoms with Crippen LogP contribution < -0.4 is 16.4 Å². The van der Waals surface area contributed by atoms with Gasteiger partial charge in [-0.2, -0.15) is 0 Å². The van der Waals surface area contributed by atoms with Gasteiger partial charge >= 0.3 is 0 Å². The molecule has 0 saturated carbocycles. The highest BCUT2D eigenvalue weighted by atomic mass is 35.5. The minimum absolute atomic E-state index is 0. The molecule has 0 unspecified atom stereocenters. The minimum atomic E-state index is -0.296. The monoisotopic (exact) mass is 362 g/mol. The van der Waals surface area contributed by atoms with Crippen LogP contribution in [-0.2, 0) is 11.2 Å². The Morgan fingerprint density at radius 2 is 1.72 bits per heavy atom. The van der Waals surface area contributed by atoms with Crippen molar-refractivity contribution in [2.75, 3.05) is 11.1 Å². The molecular formula is C18H23ClN4O2. The fraction of sp³-hybridized carbons (Fsp3) is 0.278. The molecule has 6 nitrogen and oxygen atoms in total.